The van der Waals surface area contributed by atoms with Crippen molar-refractivity contribution in [3.05, 3.63) is 23.8 Å². The zero-order valence-electron chi connectivity index (χ0n) is 16.8. The Balaban J connectivity index is 1.81. The molecule has 0 amide bonds. The molecule has 7 atom stereocenters. The van der Waals surface area contributed by atoms with E-state index in [0.717, 1.165) is 31.3 Å². The van der Waals surface area contributed by atoms with Crippen LogP contribution in [0.25, 0.3) is 0 Å². The number of rotatable bonds is 2. The zero-order valence-corrected chi connectivity index (χ0v) is 16.8. The number of hydrogen-bond donors (Lipinski definition) is 0. The van der Waals surface area contributed by atoms with Crippen LogP contribution in [0.1, 0.15) is 59.8 Å². The molecule has 0 aromatic heterocycles. The summed E-state index contributed by atoms with van der Waals surface area (Å²) in [6.07, 6.45) is 10.1. The third-order valence-electron chi connectivity index (χ3n) is 8.24. The van der Waals surface area contributed by atoms with E-state index in [2.05, 4.69) is 26.0 Å². The number of ketones is 2. The molecule has 0 radical (unpaired) electrons. The Kier molecular flexibility index (Phi) is 4.25. The molecule has 0 aliphatic heterocycles. The van der Waals surface area contributed by atoms with E-state index >= 15 is 0 Å². The molecule has 0 aromatic carbocycles. The fraction of sp³-hybridized carbons (Fsp3) is 0.696. The Labute approximate surface area is 161 Å². The van der Waals surface area contributed by atoms with Gasteiger partial charge in [0.05, 0.1) is 0 Å². The molecule has 2 fully saturated rings. The summed E-state index contributed by atoms with van der Waals surface area (Å²) in [6.45, 7) is 7.65. The minimum absolute atomic E-state index is 0.0487. The Bertz CT molecular complexity index is 762. The molecule has 4 rings (SSSR count). The van der Waals surface area contributed by atoms with Crippen molar-refractivity contribution < 1.29 is 19.1 Å². The van der Waals surface area contributed by atoms with Crippen LogP contribution in [0.4, 0.5) is 0 Å². The Hall–Kier alpha value is -1.71. The largest absolute Gasteiger partial charge is 0.462 e. The van der Waals surface area contributed by atoms with Gasteiger partial charge in [-0.1, -0.05) is 26.0 Å². The van der Waals surface area contributed by atoms with Gasteiger partial charge in [0, 0.05) is 25.2 Å². The second-order valence-corrected chi connectivity index (χ2v) is 9.65. The van der Waals surface area contributed by atoms with E-state index in [0.29, 0.717) is 12.3 Å². The Morgan fingerprint density at radius 2 is 1.93 bits per heavy atom. The molecular weight excluding hydrogens is 340 g/mol. The van der Waals surface area contributed by atoms with Crippen LogP contribution in [-0.2, 0) is 19.1 Å². The van der Waals surface area contributed by atoms with Crippen LogP contribution in [-0.4, -0.2) is 23.6 Å². The maximum Gasteiger partial charge on any atom is 0.302 e. The van der Waals surface area contributed by atoms with E-state index in [1.54, 1.807) is 13.0 Å². The van der Waals surface area contributed by atoms with Crippen molar-refractivity contribution in [3.8, 4) is 0 Å². The number of carbonyl (C=O) groups is 3. The first kappa shape index (κ1) is 18.6. The molecule has 146 valence electrons. The van der Waals surface area contributed by atoms with Gasteiger partial charge in [-0.15, -0.1) is 0 Å². The van der Waals surface area contributed by atoms with Crippen molar-refractivity contribution in [2.24, 2.45) is 34.5 Å². The first-order chi connectivity index (χ1) is 12.7. The average Bonchev–Trinajstić information content (AvgIpc) is 2.91. The summed E-state index contributed by atoms with van der Waals surface area (Å²) in [7, 11) is 0. The van der Waals surface area contributed by atoms with E-state index in [1.165, 1.54) is 6.92 Å². The third kappa shape index (κ3) is 2.67. The molecule has 0 heterocycles. The molecule has 4 nitrogen and oxygen atoms in total. The van der Waals surface area contributed by atoms with Crippen LogP contribution in [0.2, 0.25) is 0 Å². The van der Waals surface area contributed by atoms with Crippen molar-refractivity contribution in [1.82, 2.24) is 0 Å². The van der Waals surface area contributed by atoms with Crippen LogP contribution < -0.4 is 0 Å². The van der Waals surface area contributed by atoms with E-state index in [4.69, 9.17) is 4.74 Å². The topological polar surface area (TPSA) is 60.4 Å². The number of fused-ring (bicyclic) bond motifs is 5. The highest BCUT2D eigenvalue weighted by Crippen LogP contribution is 2.65. The van der Waals surface area contributed by atoms with Crippen LogP contribution in [0, 0.1) is 34.5 Å². The average molecular weight is 370 g/mol. The van der Waals surface area contributed by atoms with Gasteiger partial charge < -0.3 is 4.74 Å². The fourth-order valence-electron chi connectivity index (χ4n) is 7.08. The number of carbonyl (C=O) groups excluding carboxylic acids is 3. The standard InChI is InChI=1S/C23H30O4/c1-13(24)18-7-8-19-17-6-5-15-11-16(26)9-10-22(15,3)21(17)20(27-14(2)25)12-23(18,19)4/h5-6,11,17-21H,7-10,12H2,1-4H3/t17-,18+,19-,20-,21-,22+,23+/m0/s1. The van der Waals surface area contributed by atoms with Crippen molar-refractivity contribution in [3.63, 3.8) is 0 Å². The first-order valence-electron chi connectivity index (χ1n) is 10.3. The summed E-state index contributed by atoms with van der Waals surface area (Å²) in [5.41, 5.74) is 0.810. The van der Waals surface area contributed by atoms with Crippen LogP contribution in [0.15, 0.2) is 23.8 Å². The van der Waals surface area contributed by atoms with Gasteiger partial charge in [0.1, 0.15) is 11.9 Å². The van der Waals surface area contributed by atoms with Gasteiger partial charge in [-0.3, -0.25) is 14.4 Å². The maximum atomic E-state index is 12.3. The van der Waals surface area contributed by atoms with Gasteiger partial charge in [-0.2, -0.15) is 0 Å². The molecule has 0 N–H and O–H groups in total. The molecule has 0 aromatic rings. The summed E-state index contributed by atoms with van der Waals surface area (Å²) in [5, 5.41) is 0. The quantitative estimate of drug-likeness (QED) is 0.688. The SMILES string of the molecule is CC(=O)O[C@H]1C[C@]2(C)[C@@H](C(C)=O)CC[C@H]2[C@@H]2C=CC3=CC(=O)CC[C@@]3(C)[C@@H]21. The minimum Gasteiger partial charge on any atom is -0.462 e. The highest BCUT2D eigenvalue weighted by molar-refractivity contribution is 5.92. The molecule has 0 saturated heterocycles. The summed E-state index contributed by atoms with van der Waals surface area (Å²) < 4.78 is 5.91. The molecule has 2 saturated carbocycles. The predicted molar refractivity (Wildman–Crippen MR) is 102 cm³/mol. The lowest BCUT2D eigenvalue weighted by atomic mass is 9.47. The number of allylic oxidation sites excluding steroid dienone is 4. The van der Waals surface area contributed by atoms with Crippen LogP contribution >= 0.6 is 0 Å². The van der Waals surface area contributed by atoms with Crippen molar-refractivity contribution in [1.29, 1.82) is 0 Å². The minimum atomic E-state index is -0.256. The van der Waals surface area contributed by atoms with Crippen molar-refractivity contribution >= 4 is 17.5 Å². The van der Waals surface area contributed by atoms with Gasteiger partial charge in [0.15, 0.2) is 5.78 Å². The highest BCUT2D eigenvalue weighted by atomic mass is 16.5. The third-order valence-corrected chi connectivity index (χ3v) is 8.24. The normalized spacial score (nSPS) is 45.4. The molecule has 0 unspecified atom stereocenters. The lowest BCUT2D eigenvalue weighted by Crippen LogP contribution is -2.56. The van der Waals surface area contributed by atoms with Gasteiger partial charge in [0.2, 0.25) is 0 Å². The van der Waals surface area contributed by atoms with Crippen molar-refractivity contribution in [2.75, 3.05) is 0 Å². The van der Waals surface area contributed by atoms with E-state index < -0.39 is 0 Å². The number of Topliss-reactive ketones (excluding diaryl/α,β-unsaturated/α-hetero) is 1. The Morgan fingerprint density at radius 1 is 1.19 bits per heavy atom. The zero-order chi connectivity index (χ0) is 19.6. The van der Waals surface area contributed by atoms with E-state index in [-0.39, 0.29) is 52.2 Å². The van der Waals surface area contributed by atoms with Gasteiger partial charge in [-0.05, 0) is 66.9 Å². The Morgan fingerprint density at radius 3 is 2.59 bits per heavy atom. The lowest BCUT2D eigenvalue weighted by Gasteiger charge is -2.58. The maximum absolute atomic E-state index is 12.3. The second-order valence-electron chi connectivity index (χ2n) is 9.65. The smallest absolute Gasteiger partial charge is 0.302 e. The van der Waals surface area contributed by atoms with Crippen LogP contribution in [0.5, 0.6) is 0 Å². The van der Waals surface area contributed by atoms with Gasteiger partial charge in [-0.25, -0.2) is 0 Å². The molecule has 0 spiro atoms. The molecule has 0 bridgehead atoms. The fourth-order valence-corrected chi connectivity index (χ4v) is 7.08. The summed E-state index contributed by atoms with van der Waals surface area (Å²) in [6, 6.07) is 0. The molecule has 4 heteroatoms. The van der Waals surface area contributed by atoms with Crippen molar-refractivity contribution in [2.45, 2.75) is 65.9 Å². The molecular formula is C23H30O4. The molecule has 4 aliphatic carbocycles. The molecule has 4 aliphatic rings. The van der Waals surface area contributed by atoms with Gasteiger partial charge >= 0.3 is 5.97 Å². The van der Waals surface area contributed by atoms with Gasteiger partial charge in [0.25, 0.3) is 0 Å². The monoisotopic (exact) mass is 370 g/mol. The van der Waals surface area contributed by atoms with E-state index in [9.17, 15) is 14.4 Å². The van der Waals surface area contributed by atoms with Crippen LogP contribution in [0.3, 0.4) is 0 Å². The summed E-state index contributed by atoms with van der Waals surface area (Å²) in [5.74, 6) is 1.13. The summed E-state index contributed by atoms with van der Waals surface area (Å²) in [4.78, 5) is 36.3. The molecule has 27 heavy (non-hydrogen) atoms. The summed E-state index contributed by atoms with van der Waals surface area (Å²) >= 11 is 0. The lowest BCUT2D eigenvalue weighted by molar-refractivity contribution is -0.169. The number of hydrogen-bond acceptors (Lipinski definition) is 4. The predicted octanol–water partition coefficient (Wildman–Crippen LogP) is 4.04. The second kappa shape index (κ2) is 6.15. The van der Waals surface area contributed by atoms with E-state index in [1.807, 2.05) is 0 Å². The highest BCUT2D eigenvalue weighted by Gasteiger charge is 2.62. The number of ether oxygens (including phenoxy) is 1. The first-order valence-corrected chi connectivity index (χ1v) is 10.3. The number of esters is 1.